The smallest absolute Gasteiger partial charge is 0.397 e. The van der Waals surface area contributed by atoms with Crippen molar-refractivity contribution in [2.24, 2.45) is 0 Å². The number of anilines is 2. The molecule has 0 atom stereocenters. The largest absolute Gasteiger partial charge is 0.418 e. The van der Waals surface area contributed by atoms with Gasteiger partial charge in [-0.3, -0.25) is 0 Å². The Kier molecular flexibility index (Phi) is 3.32. The van der Waals surface area contributed by atoms with Gasteiger partial charge in [0.05, 0.1) is 16.8 Å². The van der Waals surface area contributed by atoms with Crippen LogP contribution >= 0.6 is 0 Å². The summed E-state index contributed by atoms with van der Waals surface area (Å²) in [5.41, 5.74) is -2.24. The molecule has 0 radical (unpaired) electrons. The number of hydrogen-bond donors (Lipinski definition) is 1. The molecule has 10 heteroatoms. The summed E-state index contributed by atoms with van der Waals surface area (Å²) < 4.78 is 98.3. The zero-order valence-electron chi connectivity index (χ0n) is 8.20. The van der Waals surface area contributed by atoms with E-state index in [9.17, 15) is 35.3 Å². The van der Waals surface area contributed by atoms with Crippen LogP contribution in [0.25, 0.3) is 0 Å². The summed E-state index contributed by atoms with van der Waals surface area (Å²) in [5.74, 6) is 0. The van der Waals surface area contributed by atoms with Crippen LogP contribution in [0.4, 0.5) is 46.7 Å². The molecule has 0 aliphatic carbocycles. The Morgan fingerprint density at radius 2 is 1.39 bits per heavy atom. The van der Waals surface area contributed by atoms with Crippen molar-refractivity contribution in [3.05, 3.63) is 23.3 Å². The fraction of sp³-hybridized carbons (Fsp3) is 0.250. The molecule has 102 valence electrons. The molecule has 0 amide bonds. The monoisotopic (exact) mass is 280 g/mol. The van der Waals surface area contributed by atoms with Gasteiger partial charge in [0.15, 0.2) is 0 Å². The molecule has 2 nitrogen and oxygen atoms in total. The lowest BCUT2D eigenvalue weighted by atomic mass is 10.1. The maximum atomic E-state index is 12.4. The quantitative estimate of drug-likeness (QED) is 0.480. The van der Waals surface area contributed by atoms with Crippen LogP contribution in [0.2, 0.25) is 0 Å². The molecule has 0 saturated carbocycles. The SMILES string of the molecule is Nc1cc(C(F)(F)F)cc(C(F)(F)F)c1N(F)F. The Hall–Kier alpha value is -1.74. The van der Waals surface area contributed by atoms with Crippen molar-refractivity contribution in [1.82, 2.24) is 0 Å². The van der Waals surface area contributed by atoms with Gasteiger partial charge >= 0.3 is 12.4 Å². The van der Waals surface area contributed by atoms with E-state index in [4.69, 9.17) is 5.73 Å². The molecule has 1 rings (SSSR count). The van der Waals surface area contributed by atoms with Gasteiger partial charge in [-0.15, -0.1) is 0 Å². The highest BCUT2D eigenvalue weighted by molar-refractivity contribution is 5.71. The topological polar surface area (TPSA) is 29.3 Å². The van der Waals surface area contributed by atoms with Crippen molar-refractivity contribution >= 4 is 11.4 Å². The van der Waals surface area contributed by atoms with Crippen LogP contribution in [0, 0.1) is 0 Å². The first-order valence-electron chi connectivity index (χ1n) is 4.14. The maximum Gasteiger partial charge on any atom is 0.418 e. The van der Waals surface area contributed by atoms with Gasteiger partial charge in [0.25, 0.3) is 0 Å². The van der Waals surface area contributed by atoms with E-state index in [0.29, 0.717) is 0 Å². The van der Waals surface area contributed by atoms with Gasteiger partial charge < -0.3 is 5.73 Å². The van der Waals surface area contributed by atoms with Gasteiger partial charge in [-0.25, -0.2) is 0 Å². The predicted octanol–water partition coefficient (Wildman–Crippen LogP) is 3.88. The fourth-order valence-electron chi connectivity index (χ4n) is 1.23. The fourth-order valence-corrected chi connectivity index (χ4v) is 1.23. The van der Waals surface area contributed by atoms with Crippen molar-refractivity contribution in [2.75, 3.05) is 11.1 Å². The molecule has 1 aromatic rings. The summed E-state index contributed by atoms with van der Waals surface area (Å²) in [4.78, 5) is 0. The highest BCUT2D eigenvalue weighted by Crippen LogP contribution is 2.44. The lowest BCUT2D eigenvalue weighted by molar-refractivity contribution is -0.143. The van der Waals surface area contributed by atoms with Crippen LogP contribution in [0.3, 0.4) is 0 Å². The summed E-state index contributed by atoms with van der Waals surface area (Å²) in [6, 6.07) is -0.408. The van der Waals surface area contributed by atoms with Gasteiger partial charge in [0.2, 0.25) is 0 Å². The summed E-state index contributed by atoms with van der Waals surface area (Å²) in [6.45, 7) is 0. The van der Waals surface area contributed by atoms with E-state index in [1.807, 2.05) is 0 Å². The minimum Gasteiger partial charge on any atom is -0.397 e. The van der Waals surface area contributed by atoms with Crippen molar-refractivity contribution in [1.29, 1.82) is 0 Å². The summed E-state index contributed by atoms with van der Waals surface area (Å²) >= 11 is 0. The standard InChI is InChI=1S/C8H4F8N2/c9-7(10,11)3-1-4(8(12,13)14)6(18(15)16)5(17)2-3/h1-2H,17H2. The van der Waals surface area contributed by atoms with Gasteiger partial charge in [-0.05, 0) is 17.5 Å². The Morgan fingerprint density at radius 3 is 1.72 bits per heavy atom. The molecule has 0 spiro atoms. The van der Waals surface area contributed by atoms with Crippen LogP contribution in [0.5, 0.6) is 0 Å². The van der Waals surface area contributed by atoms with Crippen LogP contribution in [-0.2, 0) is 12.4 Å². The van der Waals surface area contributed by atoms with E-state index in [-0.39, 0.29) is 6.07 Å². The number of benzene rings is 1. The molecule has 1 aromatic carbocycles. The highest BCUT2D eigenvalue weighted by Gasteiger charge is 2.41. The van der Waals surface area contributed by atoms with E-state index in [1.54, 1.807) is 0 Å². The molecule has 2 N–H and O–H groups in total. The lowest BCUT2D eigenvalue weighted by Crippen LogP contribution is -2.16. The third-order valence-corrected chi connectivity index (χ3v) is 1.94. The maximum absolute atomic E-state index is 12.4. The summed E-state index contributed by atoms with van der Waals surface area (Å²) in [7, 11) is 0. The lowest BCUT2D eigenvalue weighted by Gasteiger charge is -2.17. The second-order valence-corrected chi connectivity index (χ2v) is 3.19. The average Bonchev–Trinajstić information content (AvgIpc) is 2.12. The Bertz CT molecular complexity index is 448. The Morgan fingerprint density at radius 1 is 0.889 bits per heavy atom. The van der Waals surface area contributed by atoms with Gasteiger partial charge in [0.1, 0.15) is 5.69 Å². The number of nitrogens with two attached hydrogens (primary N) is 1. The number of hydrogen-bond acceptors (Lipinski definition) is 2. The minimum absolute atomic E-state index is 0.0106. The molecular weight excluding hydrogens is 276 g/mol. The van der Waals surface area contributed by atoms with Crippen molar-refractivity contribution < 1.29 is 35.3 Å². The summed E-state index contributed by atoms with van der Waals surface area (Å²) in [6.07, 6.45) is -10.5. The van der Waals surface area contributed by atoms with Gasteiger partial charge in [0, 0.05) is 0 Å². The van der Waals surface area contributed by atoms with E-state index >= 15 is 0 Å². The first-order chi connectivity index (χ1) is 7.94. The zero-order chi connectivity index (χ0) is 14.3. The van der Waals surface area contributed by atoms with Gasteiger partial charge in [-0.2, -0.15) is 26.3 Å². The zero-order valence-corrected chi connectivity index (χ0v) is 8.20. The van der Waals surface area contributed by atoms with Crippen molar-refractivity contribution in [3.63, 3.8) is 0 Å². The molecule has 0 fully saturated rings. The molecule has 18 heavy (non-hydrogen) atoms. The first kappa shape index (κ1) is 14.3. The molecule has 0 heterocycles. The van der Waals surface area contributed by atoms with E-state index < -0.39 is 46.3 Å². The average molecular weight is 280 g/mol. The highest BCUT2D eigenvalue weighted by atomic mass is 19.4. The van der Waals surface area contributed by atoms with Crippen LogP contribution < -0.4 is 11.1 Å². The molecule has 0 bridgehead atoms. The molecule has 0 aliphatic heterocycles. The number of nitrogens with zero attached hydrogens (tertiary/aromatic N) is 1. The summed E-state index contributed by atoms with van der Waals surface area (Å²) in [5, 5.41) is -1.97. The molecule has 0 unspecified atom stereocenters. The first-order valence-corrected chi connectivity index (χ1v) is 4.14. The van der Waals surface area contributed by atoms with Crippen molar-refractivity contribution in [2.45, 2.75) is 12.4 Å². The predicted molar refractivity (Wildman–Crippen MR) is 45.6 cm³/mol. The number of rotatable bonds is 1. The van der Waals surface area contributed by atoms with E-state index in [1.165, 1.54) is 0 Å². The second kappa shape index (κ2) is 4.18. The van der Waals surface area contributed by atoms with Crippen LogP contribution in [0.1, 0.15) is 11.1 Å². The Balaban J connectivity index is 3.58. The van der Waals surface area contributed by atoms with E-state index in [0.717, 1.165) is 0 Å². The minimum atomic E-state index is -5.39. The molecular formula is C8H4F8N2. The number of halogens is 8. The third kappa shape index (κ3) is 2.74. The Labute approximate surface area is 94.5 Å². The van der Waals surface area contributed by atoms with Crippen LogP contribution in [-0.4, -0.2) is 0 Å². The molecule has 0 aliphatic rings. The normalized spacial score (nSPS) is 12.7. The number of alkyl halides is 6. The van der Waals surface area contributed by atoms with Gasteiger partial charge in [-0.1, -0.05) is 8.96 Å². The molecule has 0 saturated heterocycles. The van der Waals surface area contributed by atoms with E-state index in [2.05, 4.69) is 0 Å². The second-order valence-electron chi connectivity index (χ2n) is 3.19. The van der Waals surface area contributed by atoms with Crippen molar-refractivity contribution in [3.8, 4) is 0 Å². The van der Waals surface area contributed by atoms with Crippen LogP contribution in [0.15, 0.2) is 12.1 Å². The molecule has 0 aromatic heterocycles. The third-order valence-electron chi connectivity index (χ3n) is 1.94. The number of nitrogen functional groups attached to an aromatic ring is 1.